The maximum absolute atomic E-state index is 6.68. The van der Waals surface area contributed by atoms with E-state index in [2.05, 4.69) is 77.1 Å². The van der Waals surface area contributed by atoms with Crippen LogP contribution in [0.15, 0.2) is 42.5 Å². The van der Waals surface area contributed by atoms with Crippen molar-refractivity contribution in [2.75, 3.05) is 13.2 Å². The monoisotopic (exact) mass is 462 g/mol. The van der Waals surface area contributed by atoms with Gasteiger partial charge < -0.3 is 9.47 Å². The van der Waals surface area contributed by atoms with Crippen molar-refractivity contribution < 1.29 is 9.47 Å². The van der Waals surface area contributed by atoms with Gasteiger partial charge in [0.25, 0.3) is 0 Å². The molecule has 0 aliphatic carbocycles. The average Bonchev–Trinajstić information content (AvgIpc) is 2.88. The predicted octanol–water partition coefficient (Wildman–Crippen LogP) is 9.75. The van der Waals surface area contributed by atoms with Gasteiger partial charge in [0.2, 0.25) is 0 Å². The Balaban J connectivity index is 2.05. The number of fused-ring (bicyclic) bond motifs is 2. The lowest BCUT2D eigenvalue weighted by atomic mass is 9.97. The molecule has 0 N–H and O–H groups in total. The summed E-state index contributed by atoms with van der Waals surface area (Å²) < 4.78 is 13.3. The van der Waals surface area contributed by atoms with E-state index in [0.717, 1.165) is 44.0 Å². The second-order valence-corrected chi connectivity index (χ2v) is 9.89. The number of ether oxygens (including phenoxy) is 2. The standard InChI is InChI=1S/C32H46O2/c1-6-11-15-25(9-4)22-33-31-27-17-13-14-18-28(27)32(34-23-26(10-5)16-12-7-2)30-21-24(8-3)19-20-29(30)31/h13-14,17-21,25-26H,6-12,15-16,22-23H2,1-5H3. The van der Waals surface area contributed by atoms with Crippen LogP contribution in [0.5, 0.6) is 11.5 Å². The van der Waals surface area contributed by atoms with Crippen molar-refractivity contribution in [2.24, 2.45) is 11.8 Å². The Labute approximate surface area is 208 Å². The molecule has 0 fully saturated rings. The van der Waals surface area contributed by atoms with Crippen molar-refractivity contribution in [1.82, 2.24) is 0 Å². The van der Waals surface area contributed by atoms with Gasteiger partial charge in [0.1, 0.15) is 11.5 Å². The van der Waals surface area contributed by atoms with Crippen molar-refractivity contribution in [3.8, 4) is 11.5 Å². The van der Waals surface area contributed by atoms with E-state index >= 15 is 0 Å². The maximum atomic E-state index is 6.68. The van der Waals surface area contributed by atoms with Crippen LogP contribution in [0.4, 0.5) is 0 Å². The number of unbranched alkanes of at least 4 members (excludes halogenated alkanes) is 2. The summed E-state index contributed by atoms with van der Waals surface area (Å²) >= 11 is 0. The van der Waals surface area contributed by atoms with Gasteiger partial charge in [0.05, 0.1) is 13.2 Å². The fourth-order valence-corrected chi connectivity index (χ4v) is 4.88. The molecular formula is C32H46O2. The van der Waals surface area contributed by atoms with E-state index in [1.807, 2.05) is 0 Å². The molecule has 0 bridgehead atoms. The summed E-state index contributed by atoms with van der Waals surface area (Å²) in [6.45, 7) is 12.9. The lowest BCUT2D eigenvalue weighted by Gasteiger charge is -2.22. The molecule has 0 spiro atoms. The molecule has 2 atom stereocenters. The number of rotatable bonds is 15. The second-order valence-electron chi connectivity index (χ2n) is 9.89. The zero-order chi connectivity index (χ0) is 24.3. The number of hydrogen-bond donors (Lipinski definition) is 0. The van der Waals surface area contributed by atoms with Gasteiger partial charge >= 0.3 is 0 Å². The number of benzene rings is 3. The molecule has 186 valence electrons. The molecular weight excluding hydrogens is 416 g/mol. The maximum Gasteiger partial charge on any atom is 0.135 e. The molecule has 3 aromatic rings. The minimum Gasteiger partial charge on any atom is -0.492 e. The van der Waals surface area contributed by atoms with Gasteiger partial charge in [-0.2, -0.15) is 0 Å². The van der Waals surface area contributed by atoms with Crippen molar-refractivity contribution in [3.05, 3.63) is 48.0 Å². The van der Waals surface area contributed by atoms with E-state index < -0.39 is 0 Å². The van der Waals surface area contributed by atoms with Gasteiger partial charge in [0, 0.05) is 21.5 Å². The average molecular weight is 463 g/mol. The highest BCUT2D eigenvalue weighted by atomic mass is 16.5. The summed E-state index contributed by atoms with van der Waals surface area (Å²) in [6.07, 6.45) is 10.8. The Morgan fingerprint density at radius 1 is 0.618 bits per heavy atom. The van der Waals surface area contributed by atoms with E-state index in [4.69, 9.17) is 9.47 Å². The molecule has 2 heteroatoms. The normalized spacial score (nSPS) is 13.3. The van der Waals surface area contributed by atoms with Crippen LogP contribution >= 0.6 is 0 Å². The Morgan fingerprint density at radius 3 is 1.59 bits per heavy atom. The summed E-state index contributed by atoms with van der Waals surface area (Å²) in [5.74, 6) is 3.25. The van der Waals surface area contributed by atoms with Crippen LogP contribution in [0.3, 0.4) is 0 Å². The van der Waals surface area contributed by atoms with Crippen molar-refractivity contribution in [1.29, 1.82) is 0 Å². The van der Waals surface area contributed by atoms with Gasteiger partial charge in [0.15, 0.2) is 0 Å². The zero-order valence-corrected chi connectivity index (χ0v) is 22.3. The fourth-order valence-electron chi connectivity index (χ4n) is 4.88. The molecule has 0 radical (unpaired) electrons. The number of aryl methyl sites for hydroxylation is 1. The summed E-state index contributed by atoms with van der Waals surface area (Å²) in [4.78, 5) is 0. The Hall–Kier alpha value is -2.22. The van der Waals surface area contributed by atoms with E-state index in [1.165, 1.54) is 65.6 Å². The van der Waals surface area contributed by atoms with Crippen LogP contribution < -0.4 is 9.47 Å². The van der Waals surface area contributed by atoms with Crippen LogP contribution in [-0.4, -0.2) is 13.2 Å². The van der Waals surface area contributed by atoms with Gasteiger partial charge in [-0.3, -0.25) is 0 Å². The highest BCUT2D eigenvalue weighted by Crippen LogP contribution is 2.43. The fraction of sp³-hybridized carbons (Fsp3) is 0.562. The molecule has 2 nitrogen and oxygen atoms in total. The van der Waals surface area contributed by atoms with Gasteiger partial charge in [-0.25, -0.2) is 0 Å². The Bertz CT molecular complexity index is 1020. The van der Waals surface area contributed by atoms with Crippen LogP contribution in [0, 0.1) is 11.8 Å². The first-order chi connectivity index (χ1) is 16.7. The lowest BCUT2D eigenvalue weighted by molar-refractivity contribution is 0.234. The molecule has 3 rings (SSSR count). The van der Waals surface area contributed by atoms with Crippen LogP contribution in [-0.2, 0) is 6.42 Å². The summed E-state index contributed by atoms with van der Waals surface area (Å²) in [6, 6.07) is 15.5. The van der Waals surface area contributed by atoms with E-state index in [9.17, 15) is 0 Å². The van der Waals surface area contributed by atoms with Crippen molar-refractivity contribution in [3.63, 3.8) is 0 Å². The smallest absolute Gasteiger partial charge is 0.135 e. The minimum absolute atomic E-state index is 0.600. The molecule has 0 saturated carbocycles. The van der Waals surface area contributed by atoms with E-state index in [-0.39, 0.29) is 0 Å². The SMILES string of the molecule is CCCCC(CC)COc1c2ccccc2c(OCC(CC)CCCC)c2cc(CC)ccc12. The summed E-state index contributed by atoms with van der Waals surface area (Å²) in [5.41, 5.74) is 1.34. The van der Waals surface area contributed by atoms with Crippen LogP contribution in [0.2, 0.25) is 0 Å². The summed E-state index contributed by atoms with van der Waals surface area (Å²) in [7, 11) is 0. The third-order valence-corrected chi connectivity index (χ3v) is 7.41. The van der Waals surface area contributed by atoms with Gasteiger partial charge in [-0.05, 0) is 42.7 Å². The topological polar surface area (TPSA) is 18.5 Å². The summed E-state index contributed by atoms with van der Waals surface area (Å²) in [5, 5.41) is 4.71. The first kappa shape index (κ1) is 26.4. The molecule has 34 heavy (non-hydrogen) atoms. The highest BCUT2D eigenvalue weighted by molar-refractivity contribution is 6.11. The minimum atomic E-state index is 0.600. The molecule has 0 aliphatic heterocycles. The molecule has 0 aliphatic rings. The second kappa shape index (κ2) is 13.6. The van der Waals surface area contributed by atoms with Gasteiger partial charge in [-0.1, -0.05) is 110 Å². The third kappa shape index (κ3) is 6.46. The molecule has 2 unspecified atom stereocenters. The van der Waals surface area contributed by atoms with Crippen LogP contribution in [0.1, 0.15) is 91.5 Å². The quantitative estimate of drug-likeness (QED) is 0.209. The van der Waals surface area contributed by atoms with Gasteiger partial charge in [-0.15, -0.1) is 0 Å². The van der Waals surface area contributed by atoms with E-state index in [0.29, 0.717) is 11.8 Å². The van der Waals surface area contributed by atoms with Crippen molar-refractivity contribution >= 4 is 21.5 Å². The van der Waals surface area contributed by atoms with Crippen LogP contribution in [0.25, 0.3) is 21.5 Å². The molecule has 3 aromatic carbocycles. The third-order valence-electron chi connectivity index (χ3n) is 7.41. The first-order valence-corrected chi connectivity index (χ1v) is 13.9. The first-order valence-electron chi connectivity index (χ1n) is 13.9. The predicted molar refractivity (Wildman–Crippen MR) is 148 cm³/mol. The largest absolute Gasteiger partial charge is 0.492 e. The Morgan fingerprint density at radius 2 is 1.12 bits per heavy atom. The van der Waals surface area contributed by atoms with E-state index in [1.54, 1.807) is 0 Å². The molecule has 0 aromatic heterocycles. The lowest BCUT2D eigenvalue weighted by Crippen LogP contribution is -2.13. The number of hydrogen-bond acceptors (Lipinski definition) is 2. The molecule has 0 heterocycles. The van der Waals surface area contributed by atoms with Crippen molar-refractivity contribution in [2.45, 2.75) is 92.4 Å². The molecule has 0 saturated heterocycles. The molecule has 0 amide bonds. The Kier molecular flexibility index (Phi) is 10.6. The highest BCUT2D eigenvalue weighted by Gasteiger charge is 2.19. The zero-order valence-electron chi connectivity index (χ0n) is 22.3.